The molecule has 0 radical (unpaired) electrons. The average Bonchev–Trinajstić information content (AvgIpc) is 3.82. The van der Waals surface area contributed by atoms with Gasteiger partial charge in [0.25, 0.3) is 0 Å². The lowest BCUT2D eigenvalue weighted by Gasteiger charge is -2.44. The van der Waals surface area contributed by atoms with Crippen LogP contribution in [0.2, 0.25) is 0 Å². The van der Waals surface area contributed by atoms with Crippen molar-refractivity contribution in [1.82, 2.24) is 0 Å². The largest absolute Gasteiger partial charge is 0.456 e. The van der Waals surface area contributed by atoms with Crippen molar-refractivity contribution in [1.29, 1.82) is 0 Å². The topological polar surface area (TPSA) is 53.1 Å². The van der Waals surface area contributed by atoms with Gasteiger partial charge < -0.3 is 28.1 Å². The molecule has 9 aromatic carbocycles. The Hall–Kier alpha value is -7.34. The molecule has 60 heavy (non-hydrogen) atoms. The Bertz CT molecular complexity index is 3700. The smallest absolute Gasteiger partial charge is 0.179 e. The first kappa shape index (κ1) is 33.6. The first-order valence-electron chi connectivity index (χ1n) is 20.0. The highest BCUT2D eigenvalue weighted by Crippen LogP contribution is 2.62. The van der Waals surface area contributed by atoms with Gasteiger partial charge in [0.15, 0.2) is 7.14 Å². The van der Waals surface area contributed by atoms with Gasteiger partial charge in [-0.1, -0.05) is 60.7 Å². The number of nitrogens with zero attached hydrogens (tertiary/aromatic N) is 3. The van der Waals surface area contributed by atoms with Crippen LogP contribution in [0, 0.1) is 5.82 Å². The molecule has 0 amide bonds. The zero-order chi connectivity index (χ0) is 40.0. The summed E-state index contributed by atoms with van der Waals surface area (Å²) in [7, 11) is 0.331. The van der Waals surface area contributed by atoms with Crippen LogP contribution in [-0.4, -0.2) is 14.1 Å². The predicted molar refractivity (Wildman–Crippen MR) is 246 cm³/mol. The van der Waals surface area contributed by atoms with Gasteiger partial charge in [-0.25, -0.2) is 4.39 Å². The summed E-state index contributed by atoms with van der Waals surface area (Å²) in [5.41, 5.74) is 8.78. The first-order valence-corrected chi connectivity index (χ1v) is 21.7. The van der Waals surface area contributed by atoms with Gasteiger partial charge in [0.2, 0.25) is 0 Å². The fourth-order valence-corrected chi connectivity index (χ4v) is 13.1. The van der Waals surface area contributed by atoms with E-state index in [1.54, 1.807) is 12.1 Å². The third-order valence-electron chi connectivity index (χ3n) is 12.6. The molecule has 2 aliphatic heterocycles. The number of hydrogen-bond acceptors (Lipinski definition) is 6. The van der Waals surface area contributed by atoms with E-state index in [0.29, 0.717) is 16.5 Å². The highest BCUT2D eigenvalue weighted by Gasteiger charge is 2.49. The molecule has 4 heterocycles. The minimum Gasteiger partial charge on any atom is -0.456 e. The molecule has 2 aliphatic rings. The van der Waals surface area contributed by atoms with E-state index in [9.17, 15) is 4.39 Å². The van der Waals surface area contributed by atoms with E-state index < -0.39 is 7.14 Å². The van der Waals surface area contributed by atoms with Crippen LogP contribution in [0.1, 0.15) is 0 Å². The van der Waals surface area contributed by atoms with Crippen LogP contribution in [0.5, 0.6) is 0 Å². The molecule has 0 spiro atoms. The summed E-state index contributed by atoms with van der Waals surface area (Å²) in [5, 5.41) is 10.1. The van der Waals surface area contributed by atoms with E-state index in [4.69, 9.17) is 8.83 Å². The summed E-state index contributed by atoms with van der Waals surface area (Å²) in [6, 6.07) is 54.4. The van der Waals surface area contributed by atoms with Gasteiger partial charge in [-0.05, 0) is 107 Å². The minimum atomic E-state index is -3.73. The SMILES string of the molecule is CN(C)c1ccc(N2c3cc4oc5cc6ccccc6cc5c4cc3P3(=O)c4cc5c(cc4N(c4ccc(F)cc4)c4cccc2c43)oc2c3ccccc3ccc52)cc1. The summed E-state index contributed by atoms with van der Waals surface area (Å²) >= 11 is 0. The normalized spacial score (nSPS) is 15.7. The third kappa shape index (κ3) is 4.44. The van der Waals surface area contributed by atoms with Gasteiger partial charge in [-0.15, -0.1) is 0 Å². The van der Waals surface area contributed by atoms with Crippen molar-refractivity contribution in [3.05, 3.63) is 170 Å². The lowest BCUT2D eigenvalue weighted by Crippen LogP contribution is -2.43. The summed E-state index contributed by atoms with van der Waals surface area (Å²) in [6.07, 6.45) is 0. The second-order valence-corrected chi connectivity index (χ2v) is 18.7. The molecule has 286 valence electrons. The van der Waals surface area contributed by atoms with Gasteiger partial charge in [-0.3, -0.25) is 0 Å². The first-order chi connectivity index (χ1) is 29.3. The summed E-state index contributed by atoms with van der Waals surface area (Å²) < 4.78 is 45.4. The molecule has 0 N–H and O–H groups in total. The lowest BCUT2D eigenvalue weighted by molar-refractivity contribution is 0.592. The number of anilines is 7. The molecule has 0 bridgehead atoms. The maximum Gasteiger partial charge on any atom is 0.179 e. The molecule has 0 aliphatic carbocycles. The molecule has 1 atom stereocenters. The molecule has 1 unspecified atom stereocenters. The number of hydrogen-bond donors (Lipinski definition) is 0. The molecular formula is C52H33FN3O3P. The fourth-order valence-electron chi connectivity index (χ4n) is 9.76. The van der Waals surface area contributed by atoms with Gasteiger partial charge in [0.05, 0.1) is 28.1 Å². The quantitative estimate of drug-likeness (QED) is 0.166. The molecule has 0 fully saturated rings. The standard InChI is InChI=1S/C52H33FN3O3P/c1-54(2)34-19-21-36(22-20-34)56-43-13-7-12-42-52(43)60(57,50-27-41-39-24-31-9-3-4-10-32(31)25-46(39)58-47(41)28-44(50)56)49-26-40-38-23-14-30-8-5-6-11-37(30)51(38)59-48(40)29-45(49)55(42)35-17-15-33(53)16-18-35/h3-29H,1-2H3. The summed E-state index contributed by atoms with van der Waals surface area (Å²) in [4.78, 5) is 6.42. The van der Waals surface area contributed by atoms with Crippen LogP contribution in [0.4, 0.5) is 44.2 Å². The highest BCUT2D eigenvalue weighted by atomic mass is 31.2. The van der Waals surface area contributed by atoms with Crippen molar-refractivity contribution in [3.8, 4) is 0 Å². The molecule has 13 rings (SSSR count). The second-order valence-electron chi connectivity index (χ2n) is 16.0. The number of halogens is 1. The van der Waals surface area contributed by atoms with E-state index in [1.165, 1.54) is 12.1 Å². The minimum absolute atomic E-state index is 0.332. The highest BCUT2D eigenvalue weighted by molar-refractivity contribution is 7.86. The maximum absolute atomic E-state index is 17.3. The van der Waals surface area contributed by atoms with Gasteiger partial charge in [0, 0.05) is 80.8 Å². The van der Waals surface area contributed by atoms with Gasteiger partial charge in [0.1, 0.15) is 28.1 Å². The van der Waals surface area contributed by atoms with Crippen molar-refractivity contribution in [2.24, 2.45) is 0 Å². The molecule has 0 saturated heterocycles. The van der Waals surface area contributed by atoms with Crippen LogP contribution in [0.3, 0.4) is 0 Å². The zero-order valence-electron chi connectivity index (χ0n) is 32.5. The Labute approximate surface area is 343 Å². The third-order valence-corrected chi connectivity index (χ3v) is 15.7. The molecule has 0 saturated carbocycles. The Morgan fingerprint density at radius 2 is 1.03 bits per heavy atom. The monoisotopic (exact) mass is 797 g/mol. The molecule has 6 nitrogen and oxygen atoms in total. The molecule has 11 aromatic rings. The van der Waals surface area contributed by atoms with E-state index in [-0.39, 0.29) is 5.82 Å². The second kappa shape index (κ2) is 11.9. The zero-order valence-corrected chi connectivity index (χ0v) is 33.4. The maximum atomic E-state index is 17.3. The summed E-state index contributed by atoms with van der Waals surface area (Å²) in [6.45, 7) is 0. The lowest BCUT2D eigenvalue weighted by atomic mass is 10.0. The Morgan fingerprint density at radius 1 is 0.483 bits per heavy atom. The van der Waals surface area contributed by atoms with Crippen LogP contribution < -0.4 is 30.6 Å². The van der Waals surface area contributed by atoms with E-state index >= 15 is 4.57 Å². The van der Waals surface area contributed by atoms with Crippen LogP contribution in [0.25, 0.3) is 65.4 Å². The van der Waals surface area contributed by atoms with E-state index in [2.05, 4.69) is 112 Å². The van der Waals surface area contributed by atoms with Crippen molar-refractivity contribution < 1.29 is 17.8 Å². The van der Waals surface area contributed by atoms with E-state index in [0.717, 1.165) is 105 Å². The van der Waals surface area contributed by atoms with Gasteiger partial charge in [-0.2, -0.15) is 0 Å². The van der Waals surface area contributed by atoms with Crippen LogP contribution in [0.15, 0.2) is 173 Å². The van der Waals surface area contributed by atoms with Crippen molar-refractivity contribution in [3.63, 3.8) is 0 Å². The fraction of sp³-hybridized carbons (Fsp3) is 0.0385. The number of rotatable bonds is 3. The van der Waals surface area contributed by atoms with E-state index in [1.807, 2.05) is 56.6 Å². The van der Waals surface area contributed by atoms with Crippen molar-refractivity contribution >= 4 is 128 Å². The number of benzene rings is 9. The number of fused-ring (bicyclic) bond motifs is 13. The Morgan fingerprint density at radius 3 is 1.70 bits per heavy atom. The van der Waals surface area contributed by atoms with Crippen molar-refractivity contribution in [2.45, 2.75) is 0 Å². The average molecular weight is 798 g/mol. The molecular weight excluding hydrogens is 765 g/mol. The summed E-state index contributed by atoms with van der Waals surface area (Å²) in [5.74, 6) is -0.332. The number of furan rings is 2. The molecule has 2 aromatic heterocycles. The van der Waals surface area contributed by atoms with Crippen LogP contribution in [-0.2, 0) is 4.57 Å². The molecule has 8 heteroatoms. The van der Waals surface area contributed by atoms with Crippen molar-refractivity contribution in [2.75, 3.05) is 28.8 Å². The Balaban J connectivity index is 1.18. The predicted octanol–water partition coefficient (Wildman–Crippen LogP) is 13.2. The van der Waals surface area contributed by atoms with Crippen LogP contribution >= 0.6 is 7.14 Å². The van der Waals surface area contributed by atoms with Gasteiger partial charge >= 0.3 is 0 Å². The Kier molecular flexibility index (Phi) is 6.65.